The van der Waals surface area contributed by atoms with Gasteiger partial charge in [0.15, 0.2) is 5.82 Å². The number of hydrogen-bond acceptors (Lipinski definition) is 3. The summed E-state index contributed by atoms with van der Waals surface area (Å²) < 4.78 is 13.2. The van der Waals surface area contributed by atoms with Crippen molar-refractivity contribution in [3.05, 3.63) is 53.6 Å². The molecule has 0 aliphatic carbocycles. The minimum absolute atomic E-state index is 0.0640. The molecule has 2 aromatic rings. The molecule has 0 saturated heterocycles. The number of nitrogen functional groups attached to an aromatic ring is 1. The molecule has 1 heterocycles. The van der Waals surface area contributed by atoms with Crippen LogP contribution in [0.4, 0.5) is 10.3 Å². The lowest BCUT2D eigenvalue weighted by Crippen LogP contribution is -1.98. The lowest BCUT2D eigenvalue weighted by atomic mass is 10.2. The van der Waals surface area contributed by atoms with E-state index in [4.69, 9.17) is 5.73 Å². The van der Waals surface area contributed by atoms with Gasteiger partial charge < -0.3 is 5.73 Å². The molecule has 80 valence electrons. The molecule has 0 aliphatic rings. The maximum atomic E-state index is 13.2. The molecule has 0 spiro atoms. The lowest BCUT2D eigenvalue weighted by molar-refractivity contribution is 0.611. The van der Waals surface area contributed by atoms with Crippen LogP contribution >= 0.6 is 0 Å². The van der Waals surface area contributed by atoms with E-state index in [1.165, 1.54) is 0 Å². The Hall–Kier alpha value is -2.23. The molecule has 1 aromatic heterocycles. The van der Waals surface area contributed by atoms with Crippen molar-refractivity contribution in [1.29, 1.82) is 0 Å². The molecule has 0 saturated carbocycles. The standard InChI is InChI=1S/C12H10FN3/c13-10-8-15-12(14)16-11(10)7-6-9-4-2-1-3-5-9/h1-8H,(H2,14,15,16). The molecule has 0 atom stereocenters. The van der Waals surface area contributed by atoms with Crippen LogP contribution < -0.4 is 5.73 Å². The smallest absolute Gasteiger partial charge is 0.220 e. The zero-order valence-corrected chi connectivity index (χ0v) is 8.47. The summed E-state index contributed by atoms with van der Waals surface area (Å²) in [5, 5.41) is 0. The summed E-state index contributed by atoms with van der Waals surface area (Å²) in [6.07, 6.45) is 4.40. The molecule has 0 radical (unpaired) electrons. The molecule has 16 heavy (non-hydrogen) atoms. The van der Waals surface area contributed by atoms with E-state index in [2.05, 4.69) is 9.97 Å². The van der Waals surface area contributed by atoms with Crippen molar-refractivity contribution in [2.75, 3.05) is 5.73 Å². The van der Waals surface area contributed by atoms with E-state index < -0.39 is 5.82 Å². The monoisotopic (exact) mass is 215 g/mol. The third-order valence-corrected chi connectivity index (χ3v) is 2.02. The van der Waals surface area contributed by atoms with Crippen LogP contribution in [0, 0.1) is 5.82 Å². The Labute approximate surface area is 92.5 Å². The fourth-order valence-corrected chi connectivity index (χ4v) is 1.25. The van der Waals surface area contributed by atoms with Gasteiger partial charge in [-0.3, -0.25) is 0 Å². The molecule has 2 rings (SSSR count). The topological polar surface area (TPSA) is 51.8 Å². The fourth-order valence-electron chi connectivity index (χ4n) is 1.25. The van der Waals surface area contributed by atoms with Gasteiger partial charge in [0.1, 0.15) is 5.69 Å². The molecule has 4 heteroatoms. The van der Waals surface area contributed by atoms with Gasteiger partial charge in [-0.2, -0.15) is 0 Å². The second kappa shape index (κ2) is 4.53. The van der Waals surface area contributed by atoms with E-state index in [9.17, 15) is 4.39 Å². The Kier molecular flexibility index (Phi) is 2.91. The number of benzene rings is 1. The first-order valence-corrected chi connectivity index (χ1v) is 4.77. The van der Waals surface area contributed by atoms with Crippen LogP contribution in [0.5, 0.6) is 0 Å². The molecule has 0 aliphatic heterocycles. The highest BCUT2D eigenvalue weighted by atomic mass is 19.1. The highest BCUT2D eigenvalue weighted by Gasteiger charge is 2.00. The van der Waals surface area contributed by atoms with E-state index in [1.54, 1.807) is 12.2 Å². The van der Waals surface area contributed by atoms with Crippen LogP contribution in [0.15, 0.2) is 36.5 Å². The molecular weight excluding hydrogens is 205 g/mol. The van der Waals surface area contributed by atoms with Crippen LogP contribution in [0.25, 0.3) is 12.2 Å². The molecular formula is C12H10FN3. The van der Waals surface area contributed by atoms with Crippen LogP contribution in [0.2, 0.25) is 0 Å². The zero-order valence-electron chi connectivity index (χ0n) is 8.47. The third-order valence-electron chi connectivity index (χ3n) is 2.02. The first-order valence-electron chi connectivity index (χ1n) is 4.77. The SMILES string of the molecule is Nc1ncc(F)c(C=Cc2ccccc2)n1. The van der Waals surface area contributed by atoms with E-state index in [1.807, 2.05) is 30.3 Å². The number of halogens is 1. The minimum atomic E-state index is -0.485. The average molecular weight is 215 g/mol. The lowest BCUT2D eigenvalue weighted by Gasteiger charge is -1.97. The molecule has 0 amide bonds. The van der Waals surface area contributed by atoms with Gasteiger partial charge in [0.2, 0.25) is 5.95 Å². The summed E-state index contributed by atoms with van der Waals surface area (Å²) in [5.74, 6) is -0.421. The van der Waals surface area contributed by atoms with Gasteiger partial charge in [-0.15, -0.1) is 0 Å². The molecule has 0 bridgehead atoms. The normalized spacial score (nSPS) is 10.8. The van der Waals surface area contributed by atoms with E-state index in [-0.39, 0.29) is 11.6 Å². The molecule has 1 aromatic carbocycles. The van der Waals surface area contributed by atoms with Crippen molar-refractivity contribution < 1.29 is 4.39 Å². The van der Waals surface area contributed by atoms with Crippen molar-refractivity contribution in [3.63, 3.8) is 0 Å². The van der Waals surface area contributed by atoms with Crippen molar-refractivity contribution in [1.82, 2.24) is 9.97 Å². The summed E-state index contributed by atoms with van der Waals surface area (Å²) >= 11 is 0. The van der Waals surface area contributed by atoms with Crippen LogP contribution in [0.3, 0.4) is 0 Å². The first-order chi connectivity index (χ1) is 7.75. The largest absolute Gasteiger partial charge is 0.368 e. The average Bonchev–Trinajstić information content (AvgIpc) is 2.32. The first kappa shape index (κ1) is 10.3. The quantitative estimate of drug-likeness (QED) is 0.836. The van der Waals surface area contributed by atoms with Gasteiger partial charge >= 0.3 is 0 Å². The Morgan fingerprint density at radius 2 is 1.88 bits per heavy atom. The second-order valence-electron chi connectivity index (χ2n) is 3.21. The minimum Gasteiger partial charge on any atom is -0.368 e. The van der Waals surface area contributed by atoms with E-state index in [0.717, 1.165) is 11.8 Å². The Morgan fingerprint density at radius 3 is 2.62 bits per heavy atom. The van der Waals surface area contributed by atoms with Gasteiger partial charge in [-0.25, -0.2) is 14.4 Å². The van der Waals surface area contributed by atoms with E-state index in [0.29, 0.717) is 0 Å². The van der Waals surface area contributed by atoms with Crippen molar-refractivity contribution >= 4 is 18.1 Å². The van der Waals surface area contributed by atoms with E-state index >= 15 is 0 Å². The summed E-state index contributed by atoms with van der Waals surface area (Å²) in [4.78, 5) is 7.34. The van der Waals surface area contributed by atoms with Crippen molar-refractivity contribution in [2.45, 2.75) is 0 Å². The number of nitrogens with zero attached hydrogens (tertiary/aromatic N) is 2. The molecule has 3 nitrogen and oxygen atoms in total. The van der Waals surface area contributed by atoms with Gasteiger partial charge in [0.05, 0.1) is 6.20 Å². The van der Waals surface area contributed by atoms with Crippen LogP contribution in [-0.2, 0) is 0 Å². The third kappa shape index (κ3) is 2.42. The number of anilines is 1. The van der Waals surface area contributed by atoms with Gasteiger partial charge in [0.25, 0.3) is 0 Å². The number of aromatic nitrogens is 2. The van der Waals surface area contributed by atoms with Gasteiger partial charge in [-0.1, -0.05) is 36.4 Å². The summed E-state index contributed by atoms with van der Waals surface area (Å²) in [7, 11) is 0. The number of hydrogen-bond donors (Lipinski definition) is 1. The predicted molar refractivity (Wildman–Crippen MR) is 61.8 cm³/mol. The van der Waals surface area contributed by atoms with Crippen molar-refractivity contribution in [3.8, 4) is 0 Å². The number of nitrogens with two attached hydrogens (primary N) is 1. The summed E-state index contributed by atoms with van der Waals surface area (Å²) in [5.41, 5.74) is 6.54. The summed E-state index contributed by atoms with van der Waals surface area (Å²) in [6, 6.07) is 9.56. The Morgan fingerprint density at radius 1 is 1.12 bits per heavy atom. The van der Waals surface area contributed by atoms with Gasteiger partial charge in [-0.05, 0) is 11.6 Å². The summed E-state index contributed by atoms with van der Waals surface area (Å²) in [6.45, 7) is 0. The van der Waals surface area contributed by atoms with Crippen LogP contribution in [-0.4, -0.2) is 9.97 Å². The maximum Gasteiger partial charge on any atom is 0.220 e. The van der Waals surface area contributed by atoms with Gasteiger partial charge in [0, 0.05) is 0 Å². The highest BCUT2D eigenvalue weighted by molar-refractivity contribution is 5.68. The predicted octanol–water partition coefficient (Wildman–Crippen LogP) is 2.37. The Balaban J connectivity index is 2.27. The highest BCUT2D eigenvalue weighted by Crippen LogP contribution is 2.09. The number of rotatable bonds is 2. The second-order valence-corrected chi connectivity index (χ2v) is 3.21. The zero-order chi connectivity index (χ0) is 11.4. The Bertz CT molecular complexity index is 509. The molecule has 2 N–H and O–H groups in total. The maximum absolute atomic E-state index is 13.2. The fraction of sp³-hybridized carbons (Fsp3) is 0. The molecule has 0 unspecified atom stereocenters. The molecule has 0 fully saturated rings. The van der Waals surface area contributed by atoms with Crippen LogP contribution in [0.1, 0.15) is 11.3 Å². The van der Waals surface area contributed by atoms with Crippen molar-refractivity contribution in [2.24, 2.45) is 0 Å².